The molecule has 1 amide bonds. The van der Waals surface area contributed by atoms with Crippen molar-refractivity contribution in [1.82, 2.24) is 10.5 Å². The predicted octanol–water partition coefficient (Wildman–Crippen LogP) is 2.81. The molecule has 0 saturated carbocycles. The number of benzene rings is 1. The first kappa shape index (κ1) is 16.1. The largest absolute Gasteiger partial charge is 0.494 e. The summed E-state index contributed by atoms with van der Waals surface area (Å²) in [7, 11) is 0. The van der Waals surface area contributed by atoms with Crippen LogP contribution in [0.3, 0.4) is 0 Å². The number of para-hydroxylation sites is 1. The molecule has 118 valence electrons. The van der Waals surface area contributed by atoms with E-state index in [4.69, 9.17) is 9.26 Å². The number of hydrogen-bond donors (Lipinski definition) is 1. The third-order valence-electron chi connectivity index (χ3n) is 3.44. The number of carbonyl (C=O) groups excluding carboxylic acids is 1. The fourth-order valence-electron chi connectivity index (χ4n) is 2.19. The number of amides is 1. The number of nitrogens with zero attached hydrogens (tertiary/aromatic N) is 1. The normalized spacial score (nSPS) is 10.5. The van der Waals surface area contributed by atoms with Gasteiger partial charge in [0.15, 0.2) is 0 Å². The van der Waals surface area contributed by atoms with Crippen LogP contribution in [0.2, 0.25) is 0 Å². The Morgan fingerprint density at radius 2 is 2.05 bits per heavy atom. The molecule has 1 N–H and O–H groups in total. The molecule has 5 heteroatoms. The van der Waals surface area contributed by atoms with E-state index in [0.29, 0.717) is 26.0 Å². The van der Waals surface area contributed by atoms with Gasteiger partial charge in [-0.2, -0.15) is 0 Å². The second-order valence-electron chi connectivity index (χ2n) is 5.17. The topological polar surface area (TPSA) is 64.4 Å². The molecule has 0 saturated heterocycles. The van der Waals surface area contributed by atoms with Crippen molar-refractivity contribution in [2.45, 2.75) is 33.1 Å². The average molecular weight is 302 g/mol. The zero-order valence-corrected chi connectivity index (χ0v) is 13.1. The lowest BCUT2D eigenvalue weighted by Crippen LogP contribution is -2.25. The van der Waals surface area contributed by atoms with E-state index in [2.05, 4.69) is 10.5 Å². The second kappa shape index (κ2) is 8.22. The number of rotatable bonds is 8. The maximum absolute atomic E-state index is 11.8. The molecule has 0 spiro atoms. The van der Waals surface area contributed by atoms with Crippen LogP contribution in [0.1, 0.15) is 29.9 Å². The summed E-state index contributed by atoms with van der Waals surface area (Å²) >= 11 is 0. The monoisotopic (exact) mass is 302 g/mol. The van der Waals surface area contributed by atoms with Crippen molar-refractivity contribution in [2.24, 2.45) is 0 Å². The van der Waals surface area contributed by atoms with Crippen molar-refractivity contribution in [3.63, 3.8) is 0 Å². The fraction of sp³-hybridized carbons (Fsp3) is 0.412. The second-order valence-corrected chi connectivity index (χ2v) is 5.17. The van der Waals surface area contributed by atoms with E-state index in [1.54, 1.807) is 0 Å². The third kappa shape index (κ3) is 4.91. The first-order valence-corrected chi connectivity index (χ1v) is 7.53. The van der Waals surface area contributed by atoms with Gasteiger partial charge in [-0.3, -0.25) is 4.79 Å². The predicted molar refractivity (Wildman–Crippen MR) is 83.9 cm³/mol. The molecule has 0 fully saturated rings. The van der Waals surface area contributed by atoms with Crippen LogP contribution in [-0.2, 0) is 11.2 Å². The van der Waals surface area contributed by atoms with Gasteiger partial charge >= 0.3 is 0 Å². The van der Waals surface area contributed by atoms with E-state index in [1.165, 1.54) is 0 Å². The van der Waals surface area contributed by atoms with Gasteiger partial charge in [-0.15, -0.1) is 0 Å². The number of ether oxygens (including phenoxy) is 1. The lowest BCUT2D eigenvalue weighted by molar-refractivity contribution is -0.121. The van der Waals surface area contributed by atoms with Crippen LogP contribution in [0.5, 0.6) is 5.75 Å². The summed E-state index contributed by atoms with van der Waals surface area (Å²) in [6, 6.07) is 9.66. The van der Waals surface area contributed by atoms with Crippen molar-refractivity contribution in [1.29, 1.82) is 0 Å². The highest BCUT2D eigenvalue weighted by atomic mass is 16.5. The molecule has 0 aliphatic rings. The lowest BCUT2D eigenvalue weighted by atomic mass is 10.1. The number of aromatic nitrogens is 1. The van der Waals surface area contributed by atoms with E-state index in [1.807, 2.05) is 44.2 Å². The Morgan fingerprint density at radius 1 is 1.27 bits per heavy atom. The number of hydrogen-bond acceptors (Lipinski definition) is 4. The van der Waals surface area contributed by atoms with Crippen molar-refractivity contribution < 1.29 is 14.1 Å². The quantitative estimate of drug-likeness (QED) is 0.762. The molecule has 0 radical (unpaired) electrons. The standard InChI is InChI=1S/C17H22N2O3/c1-13-16(14(2)22-19-13)9-10-17(20)18-11-6-12-21-15-7-4-3-5-8-15/h3-5,7-8H,6,9-12H2,1-2H3,(H,18,20). The van der Waals surface area contributed by atoms with Crippen LogP contribution in [0.25, 0.3) is 0 Å². The summed E-state index contributed by atoms with van der Waals surface area (Å²) in [4.78, 5) is 11.8. The fourth-order valence-corrected chi connectivity index (χ4v) is 2.19. The zero-order valence-electron chi connectivity index (χ0n) is 13.1. The molecular weight excluding hydrogens is 280 g/mol. The van der Waals surface area contributed by atoms with Gasteiger partial charge in [0.25, 0.3) is 0 Å². The molecule has 1 heterocycles. The van der Waals surface area contributed by atoms with E-state index < -0.39 is 0 Å². The van der Waals surface area contributed by atoms with Gasteiger partial charge in [0.05, 0.1) is 12.3 Å². The van der Waals surface area contributed by atoms with Crippen LogP contribution in [0.15, 0.2) is 34.9 Å². The molecule has 0 aliphatic carbocycles. The minimum atomic E-state index is 0.0414. The SMILES string of the molecule is Cc1noc(C)c1CCC(=O)NCCCOc1ccccc1. The zero-order chi connectivity index (χ0) is 15.8. The highest BCUT2D eigenvalue weighted by Gasteiger charge is 2.10. The first-order chi connectivity index (χ1) is 10.7. The Morgan fingerprint density at radius 3 is 2.73 bits per heavy atom. The molecule has 2 aromatic rings. The van der Waals surface area contributed by atoms with Gasteiger partial charge in [0.2, 0.25) is 5.91 Å². The Kier molecular flexibility index (Phi) is 6.01. The molecule has 0 aliphatic heterocycles. The minimum absolute atomic E-state index is 0.0414. The van der Waals surface area contributed by atoms with Gasteiger partial charge in [-0.05, 0) is 38.8 Å². The van der Waals surface area contributed by atoms with Gasteiger partial charge in [-0.1, -0.05) is 23.4 Å². The van der Waals surface area contributed by atoms with Gasteiger partial charge in [0.1, 0.15) is 11.5 Å². The van der Waals surface area contributed by atoms with Gasteiger partial charge < -0.3 is 14.6 Å². The average Bonchev–Trinajstić information content (AvgIpc) is 2.84. The van der Waals surface area contributed by atoms with Crippen LogP contribution in [0.4, 0.5) is 0 Å². The third-order valence-corrected chi connectivity index (χ3v) is 3.44. The number of carbonyl (C=O) groups is 1. The van der Waals surface area contributed by atoms with Crippen LogP contribution >= 0.6 is 0 Å². The summed E-state index contributed by atoms with van der Waals surface area (Å²) in [5, 5.41) is 6.79. The maximum Gasteiger partial charge on any atom is 0.220 e. The molecular formula is C17H22N2O3. The van der Waals surface area contributed by atoms with E-state index in [0.717, 1.165) is 29.2 Å². The Balaban J connectivity index is 1.58. The molecule has 2 rings (SSSR count). The summed E-state index contributed by atoms with van der Waals surface area (Å²) in [6.45, 7) is 4.97. The van der Waals surface area contributed by atoms with Crippen LogP contribution in [0, 0.1) is 13.8 Å². The molecule has 1 aromatic heterocycles. The first-order valence-electron chi connectivity index (χ1n) is 7.53. The molecule has 5 nitrogen and oxygen atoms in total. The summed E-state index contributed by atoms with van der Waals surface area (Å²) < 4.78 is 10.7. The van der Waals surface area contributed by atoms with Crippen molar-refractivity contribution in [2.75, 3.05) is 13.2 Å². The molecule has 0 bridgehead atoms. The smallest absolute Gasteiger partial charge is 0.220 e. The molecule has 1 aromatic carbocycles. The van der Waals surface area contributed by atoms with Gasteiger partial charge in [0, 0.05) is 18.5 Å². The summed E-state index contributed by atoms with van der Waals surface area (Å²) in [5.74, 6) is 1.69. The maximum atomic E-state index is 11.8. The van der Waals surface area contributed by atoms with Crippen molar-refractivity contribution >= 4 is 5.91 Å². The Labute approximate surface area is 130 Å². The highest BCUT2D eigenvalue weighted by molar-refractivity contribution is 5.76. The molecule has 0 unspecified atom stereocenters. The highest BCUT2D eigenvalue weighted by Crippen LogP contribution is 2.14. The van der Waals surface area contributed by atoms with Crippen LogP contribution in [-0.4, -0.2) is 24.2 Å². The van der Waals surface area contributed by atoms with Crippen molar-refractivity contribution in [3.8, 4) is 5.75 Å². The Bertz CT molecular complexity index is 574. The summed E-state index contributed by atoms with van der Waals surface area (Å²) in [5.41, 5.74) is 1.89. The van der Waals surface area contributed by atoms with E-state index in [9.17, 15) is 4.79 Å². The number of aryl methyl sites for hydroxylation is 2. The molecule has 0 atom stereocenters. The minimum Gasteiger partial charge on any atom is -0.494 e. The number of nitrogens with one attached hydrogen (secondary N) is 1. The van der Waals surface area contributed by atoms with E-state index in [-0.39, 0.29) is 5.91 Å². The van der Waals surface area contributed by atoms with E-state index >= 15 is 0 Å². The Hall–Kier alpha value is -2.30. The summed E-state index contributed by atoms with van der Waals surface area (Å²) in [6.07, 6.45) is 1.89. The van der Waals surface area contributed by atoms with Crippen molar-refractivity contribution in [3.05, 3.63) is 47.3 Å². The molecule has 22 heavy (non-hydrogen) atoms. The van der Waals surface area contributed by atoms with Crippen LogP contribution < -0.4 is 10.1 Å². The lowest BCUT2D eigenvalue weighted by Gasteiger charge is -2.07. The van der Waals surface area contributed by atoms with Gasteiger partial charge in [-0.25, -0.2) is 0 Å².